The zero-order valence-electron chi connectivity index (χ0n) is 18.0. The minimum atomic E-state index is -2.09. The number of nitrogens with one attached hydrogen (secondary N) is 2. The maximum atomic E-state index is 15.1. The third-order valence-electron chi connectivity index (χ3n) is 5.72. The van der Waals surface area contributed by atoms with Crippen molar-refractivity contribution in [2.45, 2.75) is 5.72 Å². The van der Waals surface area contributed by atoms with E-state index in [0.717, 1.165) is 12.0 Å². The van der Waals surface area contributed by atoms with Gasteiger partial charge in [-0.1, -0.05) is 41.9 Å². The van der Waals surface area contributed by atoms with Gasteiger partial charge in [0.2, 0.25) is 5.95 Å². The summed E-state index contributed by atoms with van der Waals surface area (Å²) in [4.78, 5) is 44.5. The lowest BCUT2D eigenvalue weighted by molar-refractivity contribution is -0.150. The Balaban J connectivity index is 1.66. The number of aromatic nitrogens is 2. The van der Waals surface area contributed by atoms with E-state index in [1.54, 1.807) is 30.3 Å². The van der Waals surface area contributed by atoms with Crippen LogP contribution < -0.4 is 10.2 Å². The minimum absolute atomic E-state index is 0.0276. The molecule has 4 aromatic rings. The molecule has 0 fully saturated rings. The molecule has 1 aromatic heterocycles. The fourth-order valence-corrected chi connectivity index (χ4v) is 4.30. The Kier molecular flexibility index (Phi) is 5.27. The summed E-state index contributed by atoms with van der Waals surface area (Å²) in [5, 5.41) is 14.1. The molecule has 1 aliphatic heterocycles. The Hall–Kier alpha value is -4.28. The first-order valence-electron chi connectivity index (χ1n) is 10.3. The number of anilines is 2. The Morgan fingerprint density at radius 2 is 1.94 bits per heavy atom. The third kappa shape index (κ3) is 3.42. The third-order valence-corrected chi connectivity index (χ3v) is 6.01. The van der Waals surface area contributed by atoms with Crippen molar-refractivity contribution in [2.75, 3.05) is 17.3 Å². The highest BCUT2D eigenvalue weighted by Gasteiger charge is 2.51. The molecule has 1 aliphatic rings. The zero-order valence-corrected chi connectivity index (χ0v) is 18.8. The number of esters is 1. The maximum absolute atomic E-state index is 15.1. The topological polar surface area (TPSA) is 125 Å². The Labute approximate surface area is 202 Å². The van der Waals surface area contributed by atoms with E-state index in [1.165, 1.54) is 30.3 Å². The molecule has 3 N–H and O–H groups in total. The summed E-state index contributed by atoms with van der Waals surface area (Å²) in [5.41, 5.74) is -0.842. The van der Waals surface area contributed by atoms with Crippen molar-refractivity contribution in [3.05, 3.63) is 88.2 Å². The van der Waals surface area contributed by atoms with Gasteiger partial charge in [-0.05, 0) is 30.3 Å². The molecular weight excluding hydrogens is 479 g/mol. The van der Waals surface area contributed by atoms with Crippen molar-refractivity contribution in [2.24, 2.45) is 0 Å². The second-order valence-corrected chi connectivity index (χ2v) is 8.10. The highest BCUT2D eigenvalue weighted by molar-refractivity contribution is 6.37. The number of H-pyrrole nitrogens is 1. The molecule has 0 aliphatic carbocycles. The van der Waals surface area contributed by atoms with Gasteiger partial charge in [0.25, 0.3) is 5.91 Å². The lowest BCUT2D eigenvalue weighted by Crippen LogP contribution is -2.45. The van der Waals surface area contributed by atoms with Crippen LogP contribution in [0.15, 0.2) is 60.7 Å². The number of amides is 2. The number of hydrogen-bond donors (Lipinski definition) is 3. The lowest BCUT2D eigenvalue weighted by Gasteiger charge is -2.35. The molecule has 176 valence electrons. The molecule has 35 heavy (non-hydrogen) atoms. The number of ether oxygens (including phenoxy) is 1. The number of carbonyl (C=O) groups is 3. The monoisotopic (exact) mass is 494 g/mol. The van der Waals surface area contributed by atoms with E-state index >= 15 is 4.39 Å². The SMILES string of the molecule is COC(=O)C(=O)Nc1nc2ccc(C3(O)c4ccccc4C(=O)N3c3cccc(Cl)c3F)cc2[nH]1. The number of rotatable bonds is 3. The fourth-order valence-electron chi connectivity index (χ4n) is 4.13. The van der Waals surface area contributed by atoms with Gasteiger partial charge in [-0.25, -0.2) is 14.2 Å². The smallest absolute Gasteiger partial charge is 0.396 e. The van der Waals surface area contributed by atoms with Crippen molar-refractivity contribution >= 4 is 52.1 Å². The summed E-state index contributed by atoms with van der Waals surface area (Å²) in [7, 11) is 1.07. The number of aliphatic hydroxyl groups is 1. The average Bonchev–Trinajstić information content (AvgIpc) is 3.36. The number of hydrogen-bond acceptors (Lipinski definition) is 6. The predicted octanol–water partition coefficient (Wildman–Crippen LogP) is 3.32. The largest absolute Gasteiger partial charge is 0.462 e. The lowest BCUT2D eigenvalue weighted by atomic mass is 9.93. The minimum Gasteiger partial charge on any atom is -0.462 e. The van der Waals surface area contributed by atoms with Gasteiger partial charge >= 0.3 is 11.9 Å². The zero-order chi connectivity index (χ0) is 24.9. The molecule has 9 nitrogen and oxygen atoms in total. The van der Waals surface area contributed by atoms with Crippen LogP contribution >= 0.6 is 11.6 Å². The van der Waals surface area contributed by atoms with Crippen LogP contribution in [-0.2, 0) is 20.1 Å². The van der Waals surface area contributed by atoms with Gasteiger partial charge in [0.05, 0.1) is 28.9 Å². The first-order valence-corrected chi connectivity index (χ1v) is 10.6. The van der Waals surface area contributed by atoms with E-state index in [9.17, 15) is 19.5 Å². The number of nitrogens with zero attached hydrogens (tertiary/aromatic N) is 2. The summed E-state index contributed by atoms with van der Waals surface area (Å²) in [6, 6.07) is 15.2. The van der Waals surface area contributed by atoms with Crippen LogP contribution in [0.4, 0.5) is 16.0 Å². The molecule has 0 bridgehead atoms. The Morgan fingerprint density at radius 3 is 2.71 bits per heavy atom. The van der Waals surface area contributed by atoms with Gasteiger partial charge in [0.1, 0.15) is 0 Å². The van der Waals surface area contributed by atoms with E-state index in [0.29, 0.717) is 11.0 Å². The molecule has 2 amide bonds. The molecule has 5 rings (SSSR count). The molecular formula is C24H16ClFN4O5. The van der Waals surface area contributed by atoms with Gasteiger partial charge in [-0.3, -0.25) is 19.8 Å². The van der Waals surface area contributed by atoms with E-state index in [-0.39, 0.29) is 33.3 Å². The van der Waals surface area contributed by atoms with Gasteiger partial charge in [-0.15, -0.1) is 0 Å². The van der Waals surface area contributed by atoms with E-state index < -0.39 is 29.3 Å². The average molecular weight is 495 g/mol. The van der Waals surface area contributed by atoms with Crippen LogP contribution in [-0.4, -0.2) is 40.0 Å². The van der Waals surface area contributed by atoms with Gasteiger partial charge in [0, 0.05) is 16.7 Å². The highest BCUT2D eigenvalue weighted by Crippen LogP contribution is 2.46. The first kappa shape index (κ1) is 22.5. The van der Waals surface area contributed by atoms with E-state index in [4.69, 9.17) is 11.6 Å². The van der Waals surface area contributed by atoms with Crippen molar-refractivity contribution in [1.29, 1.82) is 0 Å². The molecule has 11 heteroatoms. The highest BCUT2D eigenvalue weighted by atomic mass is 35.5. The van der Waals surface area contributed by atoms with Crippen molar-refractivity contribution in [3.8, 4) is 0 Å². The van der Waals surface area contributed by atoms with Crippen molar-refractivity contribution in [3.63, 3.8) is 0 Å². The second kappa shape index (κ2) is 8.19. The van der Waals surface area contributed by atoms with E-state index in [1.807, 2.05) is 0 Å². The van der Waals surface area contributed by atoms with Crippen LogP contribution in [0.5, 0.6) is 0 Å². The van der Waals surface area contributed by atoms with Crippen LogP contribution in [0.3, 0.4) is 0 Å². The number of halogens is 2. The summed E-state index contributed by atoms with van der Waals surface area (Å²) in [6.07, 6.45) is 0. The summed E-state index contributed by atoms with van der Waals surface area (Å²) >= 11 is 5.97. The quantitative estimate of drug-likeness (QED) is 0.296. The molecule has 0 spiro atoms. The number of imidazole rings is 1. The number of fused-ring (bicyclic) bond motifs is 2. The van der Waals surface area contributed by atoms with E-state index in [2.05, 4.69) is 20.0 Å². The van der Waals surface area contributed by atoms with Gasteiger partial charge in [0.15, 0.2) is 11.5 Å². The van der Waals surface area contributed by atoms with Gasteiger partial charge < -0.3 is 14.8 Å². The number of carbonyl (C=O) groups excluding carboxylic acids is 3. The van der Waals surface area contributed by atoms with Crippen LogP contribution in [0.1, 0.15) is 21.5 Å². The molecule has 3 aromatic carbocycles. The second-order valence-electron chi connectivity index (χ2n) is 7.69. The summed E-state index contributed by atoms with van der Waals surface area (Å²) < 4.78 is 19.4. The van der Waals surface area contributed by atoms with Crippen LogP contribution in [0, 0.1) is 5.82 Å². The number of aromatic amines is 1. The standard InChI is InChI=1S/C24H16ClFN4O5/c1-35-22(33)20(31)29-23-27-16-10-9-12(11-17(16)28-23)24(34)14-6-3-2-5-13(14)21(32)30(24)18-8-4-7-15(25)19(18)26/h2-11,34H,1H3,(H2,27,28,29,31). The summed E-state index contributed by atoms with van der Waals surface area (Å²) in [5.74, 6) is -3.62. The van der Waals surface area contributed by atoms with Crippen LogP contribution in [0.2, 0.25) is 5.02 Å². The van der Waals surface area contributed by atoms with Crippen LogP contribution in [0.25, 0.3) is 11.0 Å². The maximum Gasteiger partial charge on any atom is 0.396 e. The Morgan fingerprint density at radius 1 is 1.17 bits per heavy atom. The molecule has 2 heterocycles. The molecule has 1 atom stereocenters. The predicted molar refractivity (Wildman–Crippen MR) is 124 cm³/mol. The molecule has 0 saturated carbocycles. The van der Waals surface area contributed by atoms with Crippen molar-refractivity contribution < 1.29 is 28.6 Å². The fraction of sp³-hybridized carbons (Fsp3) is 0.0833. The molecule has 0 radical (unpaired) electrons. The first-order chi connectivity index (χ1) is 16.8. The summed E-state index contributed by atoms with van der Waals surface area (Å²) in [6.45, 7) is 0. The molecule has 0 saturated heterocycles. The molecule has 1 unspecified atom stereocenters. The van der Waals surface area contributed by atoms with Crippen molar-refractivity contribution in [1.82, 2.24) is 9.97 Å². The normalized spacial score (nSPS) is 16.9. The van der Waals surface area contributed by atoms with Gasteiger partial charge in [-0.2, -0.15) is 0 Å². The number of methoxy groups -OCH3 is 1. The number of benzene rings is 3. The Bertz CT molecular complexity index is 1540.